The van der Waals surface area contributed by atoms with Crippen LogP contribution < -0.4 is 0 Å². The molecule has 2 nitrogen and oxygen atoms in total. The number of hydrogen-bond donors (Lipinski definition) is 0. The normalized spacial score (nSPS) is 11.3. The number of halogens is 4. The van der Waals surface area contributed by atoms with Gasteiger partial charge in [0.1, 0.15) is 5.82 Å². The maximum atomic E-state index is 13.4. The number of hydrogen-bond acceptors (Lipinski definition) is 2. The number of ether oxygens (including phenoxy) is 1. The Labute approximate surface area is 98.5 Å². The van der Waals surface area contributed by atoms with Crippen molar-refractivity contribution in [2.24, 2.45) is 0 Å². The molecule has 0 radical (unpaired) electrons. The van der Waals surface area contributed by atoms with Crippen LogP contribution in [0.1, 0.15) is 12.5 Å². The second-order valence-electron chi connectivity index (χ2n) is 2.92. The van der Waals surface area contributed by atoms with Gasteiger partial charge in [0, 0.05) is 4.47 Å². The van der Waals surface area contributed by atoms with Crippen molar-refractivity contribution in [1.82, 2.24) is 0 Å². The minimum Gasteiger partial charge on any atom is -0.461 e. The molecule has 0 atom stereocenters. The number of rotatable bonds is 3. The average molecular weight is 297 g/mol. The van der Waals surface area contributed by atoms with E-state index in [2.05, 4.69) is 20.7 Å². The summed E-state index contributed by atoms with van der Waals surface area (Å²) in [6.07, 6.45) is 0. The molecule has 0 aliphatic heterocycles. The highest BCUT2D eigenvalue weighted by Gasteiger charge is 2.44. The predicted molar refractivity (Wildman–Crippen MR) is 54.6 cm³/mol. The molecule has 1 aromatic rings. The molecule has 0 amide bonds. The van der Waals surface area contributed by atoms with Gasteiger partial charge < -0.3 is 4.74 Å². The van der Waals surface area contributed by atoms with Gasteiger partial charge in [-0.2, -0.15) is 8.78 Å². The van der Waals surface area contributed by atoms with E-state index in [9.17, 15) is 18.0 Å². The molecule has 0 heterocycles. The van der Waals surface area contributed by atoms with E-state index in [1.54, 1.807) is 0 Å². The van der Waals surface area contributed by atoms with Gasteiger partial charge >= 0.3 is 11.9 Å². The van der Waals surface area contributed by atoms with Crippen molar-refractivity contribution >= 4 is 21.9 Å². The molecular weight excluding hydrogens is 289 g/mol. The van der Waals surface area contributed by atoms with Crippen LogP contribution in [0.4, 0.5) is 13.2 Å². The first-order valence-corrected chi connectivity index (χ1v) is 5.19. The Morgan fingerprint density at radius 2 is 2.12 bits per heavy atom. The van der Waals surface area contributed by atoms with Crippen LogP contribution >= 0.6 is 15.9 Å². The Hall–Kier alpha value is -1.04. The molecule has 0 fully saturated rings. The molecule has 1 rings (SSSR count). The average Bonchev–Trinajstić information content (AvgIpc) is 2.22. The van der Waals surface area contributed by atoms with Crippen LogP contribution in [-0.4, -0.2) is 12.6 Å². The van der Waals surface area contributed by atoms with Crippen molar-refractivity contribution in [2.75, 3.05) is 6.61 Å². The molecule has 16 heavy (non-hydrogen) atoms. The van der Waals surface area contributed by atoms with Crippen molar-refractivity contribution in [3.8, 4) is 0 Å². The second kappa shape index (κ2) is 4.86. The van der Waals surface area contributed by atoms with Gasteiger partial charge in [-0.15, -0.1) is 0 Å². The summed E-state index contributed by atoms with van der Waals surface area (Å²) >= 11 is 2.92. The number of alkyl halides is 2. The topological polar surface area (TPSA) is 26.3 Å². The molecule has 0 aromatic heterocycles. The van der Waals surface area contributed by atoms with Crippen LogP contribution in [0, 0.1) is 5.82 Å². The van der Waals surface area contributed by atoms with Gasteiger partial charge in [0.05, 0.1) is 12.2 Å². The molecule has 0 saturated heterocycles. The lowest BCUT2D eigenvalue weighted by Crippen LogP contribution is -2.29. The van der Waals surface area contributed by atoms with Crippen LogP contribution in [0.3, 0.4) is 0 Å². The molecule has 0 aliphatic rings. The van der Waals surface area contributed by atoms with Crippen molar-refractivity contribution in [3.05, 3.63) is 34.1 Å². The summed E-state index contributed by atoms with van der Waals surface area (Å²) in [4.78, 5) is 11.0. The molecule has 0 aliphatic carbocycles. The summed E-state index contributed by atoms with van der Waals surface area (Å²) in [6, 6.07) is 2.97. The van der Waals surface area contributed by atoms with Gasteiger partial charge in [0.2, 0.25) is 0 Å². The van der Waals surface area contributed by atoms with Crippen LogP contribution in [0.5, 0.6) is 0 Å². The minimum absolute atomic E-state index is 0.190. The monoisotopic (exact) mass is 296 g/mol. The van der Waals surface area contributed by atoms with E-state index in [4.69, 9.17) is 0 Å². The molecule has 0 unspecified atom stereocenters. The molecule has 88 valence electrons. The summed E-state index contributed by atoms with van der Waals surface area (Å²) < 4.78 is 44.5. The molecule has 6 heteroatoms. The largest absolute Gasteiger partial charge is 0.461 e. The number of benzene rings is 1. The first-order valence-electron chi connectivity index (χ1n) is 4.40. The second-order valence-corrected chi connectivity index (χ2v) is 3.83. The highest BCUT2D eigenvalue weighted by atomic mass is 79.9. The van der Waals surface area contributed by atoms with Crippen molar-refractivity contribution in [3.63, 3.8) is 0 Å². The van der Waals surface area contributed by atoms with Crippen LogP contribution in [0.25, 0.3) is 0 Å². The fourth-order valence-electron chi connectivity index (χ4n) is 1.07. The first kappa shape index (κ1) is 13.0. The third kappa shape index (κ3) is 2.55. The molecule has 0 bridgehead atoms. The Bertz CT molecular complexity index is 407. The molecular formula is C10H8BrF3O2. The van der Waals surface area contributed by atoms with Gasteiger partial charge in [-0.25, -0.2) is 9.18 Å². The zero-order valence-electron chi connectivity index (χ0n) is 8.27. The standard InChI is InChI=1S/C10H8BrF3O2/c1-2-16-9(15)10(13,14)7-5-6(11)3-4-8(7)12/h3-5H,2H2,1H3. The lowest BCUT2D eigenvalue weighted by molar-refractivity contribution is -0.173. The Morgan fingerprint density at radius 1 is 1.50 bits per heavy atom. The lowest BCUT2D eigenvalue weighted by Gasteiger charge is -2.15. The molecule has 0 spiro atoms. The van der Waals surface area contributed by atoms with E-state index in [0.717, 1.165) is 12.1 Å². The Kier molecular flexibility index (Phi) is 3.96. The van der Waals surface area contributed by atoms with E-state index >= 15 is 0 Å². The van der Waals surface area contributed by atoms with E-state index < -0.39 is 23.3 Å². The lowest BCUT2D eigenvalue weighted by atomic mass is 10.1. The highest BCUT2D eigenvalue weighted by Crippen LogP contribution is 2.33. The van der Waals surface area contributed by atoms with E-state index in [0.29, 0.717) is 0 Å². The predicted octanol–water partition coefficient (Wildman–Crippen LogP) is 3.24. The summed E-state index contributed by atoms with van der Waals surface area (Å²) in [5, 5.41) is 0. The fourth-order valence-corrected chi connectivity index (χ4v) is 1.43. The molecule has 0 N–H and O–H groups in total. The third-order valence-electron chi connectivity index (χ3n) is 1.80. The quantitative estimate of drug-likeness (QED) is 0.801. The number of carbonyl (C=O) groups excluding carboxylic acids is 1. The summed E-state index contributed by atoms with van der Waals surface area (Å²) in [7, 11) is 0. The minimum atomic E-state index is -3.98. The zero-order chi connectivity index (χ0) is 12.3. The Morgan fingerprint density at radius 3 is 2.69 bits per heavy atom. The van der Waals surface area contributed by atoms with Crippen LogP contribution in [0.2, 0.25) is 0 Å². The third-order valence-corrected chi connectivity index (χ3v) is 2.29. The van der Waals surface area contributed by atoms with Crippen LogP contribution in [0.15, 0.2) is 22.7 Å². The van der Waals surface area contributed by atoms with E-state index in [-0.39, 0.29) is 11.1 Å². The van der Waals surface area contributed by atoms with Crippen LogP contribution in [-0.2, 0) is 15.5 Å². The van der Waals surface area contributed by atoms with E-state index in [1.807, 2.05) is 0 Å². The first-order chi connectivity index (χ1) is 7.39. The highest BCUT2D eigenvalue weighted by molar-refractivity contribution is 9.10. The van der Waals surface area contributed by atoms with Gasteiger partial charge in [-0.3, -0.25) is 0 Å². The number of carbonyl (C=O) groups is 1. The maximum absolute atomic E-state index is 13.4. The van der Waals surface area contributed by atoms with Crippen molar-refractivity contribution in [2.45, 2.75) is 12.8 Å². The fraction of sp³-hybridized carbons (Fsp3) is 0.300. The van der Waals surface area contributed by atoms with Gasteiger partial charge in [0.15, 0.2) is 0 Å². The summed E-state index contributed by atoms with van der Waals surface area (Å²) in [6.45, 7) is 1.20. The zero-order valence-corrected chi connectivity index (χ0v) is 9.85. The van der Waals surface area contributed by atoms with Gasteiger partial charge in [-0.1, -0.05) is 15.9 Å². The van der Waals surface area contributed by atoms with E-state index in [1.165, 1.54) is 13.0 Å². The molecule has 0 saturated carbocycles. The van der Waals surface area contributed by atoms with Gasteiger partial charge in [-0.05, 0) is 25.1 Å². The molecule has 1 aromatic carbocycles. The van der Waals surface area contributed by atoms with Crippen molar-refractivity contribution < 1.29 is 22.7 Å². The summed E-state index contributed by atoms with van der Waals surface area (Å²) in [5.74, 6) is -6.89. The SMILES string of the molecule is CCOC(=O)C(F)(F)c1cc(Br)ccc1F. The smallest absolute Gasteiger partial charge is 0.382 e. The Balaban J connectivity index is 3.15. The van der Waals surface area contributed by atoms with Gasteiger partial charge in [0.25, 0.3) is 0 Å². The van der Waals surface area contributed by atoms with Crippen molar-refractivity contribution in [1.29, 1.82) is 0 Å². The summed E-state index contributed by atoms with van der Waals surface area (Å²) in [5.41, 5.74) is -1.000. The maximum Gasteiger partial charge on any atom is 0.382 e. The number of esters is 1.